The molecule has 0 bridgehead atoms. The molecule has 5 rings (SSSR count). The molecular weight excluding hydrogens is 450 g/mol. The number of nitro groups is 1. The summed E-state index contributed by atoms with van der Waals surface area (Å²) in [4.78, 5) is 28.7. The van der Waals surface area contributed by atoms with Gasteiger partial charge in [0.1, 0.15) is 17.4 Å². The number of benzene rings is 3. The quantitative estimate of drug-likeness (QED) is 0.204. The molecule has 10 heteroatoms. The van der Waals surface area contributed by atoms with Crippen molar-refractivity contribution in [2.24, 2.45) is 5.10 Å². The molecule has 0 aliphatic rings. The van der Waals surface area contributed by atoms with E-state index in [2.05, 4.69) is 10.1 Å². The monoisotopic (exact) mass is 465 g/mol. The minimum Gasteiger partial charge on any atom is -0.478 e. The van der Waals surface area contributed by atoms with Crippen molar-refractivity contribution in [3.8, 4) is 23.4 Å². The van der Waals surface area contributed by atoms with Gasteiger partial charge in [0.15, 0.2) is 12.4 Å². The summed E-state index contributed by atoms with van der Waals surface area (Å²) in [5, 5.41) is 25.6. The largest absolute Gasteiger partial charge is 0.478 e. The zero-order valence-corrected chi connectivity index (χ0v) is 18.0. The summed E-state index contributed by atoms with van der Waals surface area (Å²) in [7, 11) is 0. The lowest BCUT2D eigenvalue weighted by Crippen LogP contribution is -2.20. The van der Waals surface area contributed by atoms with Crippen LogP contribution in [0.1, 0.15) is 5.56 Å². The van der Waals surface area contributed by atoms with Crippen molar-refractivity contribution in [1.82, 2.24) is 9.66 Å². The highest BCUT2D eigenvalue weighted by Crippen LogP contribution is 2.27. The lowest BCUT2D eigenvalue weighted by molar-refractivity contribution is -0.384. The first-order valence-corrected chi connectivity index (χ1v) is 10.4. The SMILES string of the molecule is N#CCOc1ccc([N+](=O)[O-])cc1C=Nn1c(-c2cc3ccccc3o2)nc2ccccc2c1=O. The number of furan rings is 1. The fraction of sp³-hybridized carbons (Fsp3) is 0.0400. The van der Waals surface area contributed by atoms with E-state index in [0.717, 1.165) is 10.1 Å². The summed E-state index contributed by atoms with van der Waals surface area (Å²) < 4.78 is 12.4. The maximum Gasteiger partial charge on any atom is 0.282 e. The average molecular weight is 465 g/mol. The topological polar surface area (TPSA) is 137 Å². The van der Waals surface area contributed by atoms with Crippen molar-refractivity contribution >= 4 is 33.8 Å². The summed E-state index contributed by atoms with van der Waals surface area (Å²) in [6.07, 6.45) is 1.25. The Morgan fingerprint density at radius 2 is 1.94 bits per heavy atom. The fourth-order valence-electron chi connectivity index (χ4n) is 3.59. The van der Waals surface area contributed by atoms with Crippen LogP contribution in [0.4, 0.5) is 5.69 Å². The molecule has 5 aromatic rings. The van der Waals surface area contributed by atoms with Gasteiger partial charge in [0.05, 0.1) is 22.0 Å². The van der Waals surface area contributed by atoms with Crippen LogP contribution in [0.3, 0.4) is 0 Å². The van der Waals surface area contributed by atoms with E-state index in [4.69, 9.17) is 14.4 Å². The van der Waals surface area contributed by atoms with Crippen LogP contribution in [0.2, 0.25) is 0 Å². The third-order valence-corrected chi connectivity index (χ3v) is 5.21. The van der Waals surface area contributed by atoms with Crippen LogP contribution in [0.15, 0.2) is 87.1 Å². The summed E-state index contributed by atoms with van der Waals surface area (Å²) in [6.45, 7) is -0.264. The molecule has 0 spiro atoms. The van der Waals surface area contributed by atoms with Crippen LogP contribution in [-0.4, -0.2) is 27.4 Å². The van der Waals surface area contributed by atoms with Crippen LogP contribution >= 0.6 is 0 Å². The van der Waals surface area contributed by atoms with Gasteiger partial charge in [-0.25, -0.2) is 4.98 Å². The van der Waals surface area contributed by atoms with E-state index >= 15 is 0 Å². The molecule has 0 radical (unpaired) electrons. The fourth-order valence-corrected chi connectivity index (χ4v) is 3.59. The highest BCUT2D eigenvalue weighted by Gasteiger charge is 2.17. The lowest BCUT2D eigenvalue weighted by atomic mass is 10.2. The van der Waals surface area contributed by atoms with Gasteiger partial charge in [-0.2, -0.15) is 15.0 Å². The van der Waals surface area contributed by atoms with E-state index in [1.165, 1.54) is 24.4 Å². The maximum absolute atomic E-state index is 13.4. The molecule has 10 nitrogen and oxygen atoms in total. The predicted molar refractivity (Wildman–Crippen MR) is 128 cm³/mol. The molecular formula is C25H15N5O5. The van der Waals surface area contributed by atoms with Crippen LogP contribution < -0.4 is 10.3 Å². The zero-order chi connectivity index (χ0) is 24.4. The molecule has 0 saturated carbocycles. The van der Waals surface area contributed by atoms with Crippen LogP contribution in [0, 0.1) is 21.4 Å². The van der Waals surface area contributed by atoms with Crippen molar-refractivity contribution in [3.63, 3.8) is 0 Å². The van der Waals surface area contributed by atoms with Crippen molar-refractivity contribution in [2.45, 2.75) is 0 Å². The number of rotatable bonds is 6. The smallest absolute Gasteiger partial charge is 0.282 e. The van der Waals surface area contributed by atoms with Gasteiger partial charge in [-0.15, -0.1) is 0 Å². The van der Waals surface area contributed by atoms with Gasteiger partial charge in [0.25, 0.3) is 11.2 Å². The highest BCUT2D eigenvalue weighted by atomic mass is 16.6. The number of nitrogens with zero attached hydrogens (tertiary/aromatic N) is 5. The highest BCUT2D eigenvalue weighted by molar-refractivity contribution is 5.86. The second-order valence-corrected chi connectivity index (χ2v) is 7.39. The van der Waals surface area contributed by atoms with Gasteiger partial charge in [-0.3, -0.25) is 14.9 Å². The number of para-hydroxylation sites is 2. The lowest BCUT2D eigenvalue weighted by Gasteiger charge is -2.08. The number of aromatic nitrogens is 2. The number of hydrogen-bond acceptors (Lipinski definition) is 8. The summed E-state index contributed by atoms with van der Waals surface area (Å²) >= 11 is 0. The van der Waals surface area contributed by atoms with Gasteiger partial charge < -0.3 is 9.15 Å². The summed E-state index contributed by atoms with van der Waals surface area (Å²) in [5.41, 5.74) is 0.647. The second kappa shape index (κ2) is 8.92. The summed E-state index contributed by atoms with van der Waals surface area (Å²) in [5.74, 6) is 0.685. The molecule has 2 aromatic heterocycles. The summed E-state index contributed by atoms with van der Waals surface area (Å²) in [6, 6.07) is 21.7. The van der Waals surface area contributed by atoms with Crippen LogP contribution in [0.25, 0.3) is 33.5 Å². The molecule has 0 aliphatic heterocycles. The van der Waals surface area contributed by atoms with Crippen molar-refractivity contribution < 1.29 is 14.1 Å². The Kier molecular flexibility index (Phi) is 5.49. The molecule has 0 saturated heterocycles. The molecule has 0 N–H and O–H groups in total. The third-order valence-electron chi connectivity index (χ3n) is 5.21. The number of non-ortho nitro benzene ring substituents is 1. The Morgan fingerprint density at radius 3 is 2.74 bits per heavy atom. The molecule has 0 unspecified atom stereocenters. The van der Waals surface area contributed by atoms with Crippen LogP contribution in [-0.2, 0) is 0 Å². The van der Waals surface area contributed by atoms with E-state index in [1.54, 1.807) is 36.4 Å². The van der Waals surface area contributed by atoms with Crippen molar-refractivity contribution in [1.29, 1.82) is 5.26 Å². The van der Waals surface area contributed by atoms with Gasteiger partial charge in [-0.05, 0) is 30.3 Å². The Labute approximate surface area is 197 Å². The molecule has 170 valence electrons. The van der Waals surface area contributed by atoms with Gasteiger partial charge in [0, 0.05) is 23.1 Å². The van der Waals surface area contributed by atoms with E-state index in [0.29, 0.717) is 22.2 Å². The first kappa shape index (κ1) is 21.5. The standard InChI is InChI=1S/C25H15N5O5/c26-11-12-34-21-10-9-18(30(32)33)13-17(21)15-27-29-24(23-14-16-5-1-4-8-22(16)35-23)28-20-7-3-2-6-19(20)25(29)31/h1-10,13-15H,12H2. The number of fused-ring (bicyclic) bond motifs is 2. The van der Waals surface area contributed by atoms with Crippen molar-refractivity contribution in [3.05, 3.63) is 98.8 Å². The number of nitriles is 1. The second-order valence-electron chi connectivity index (χ2n) is 7.39. The van der Waals surface area contributed by atoms with E-state index in [-0.39, 0.29) is 29.4 Å². The van der Waals surface area contributed by atoms with E-state index in [9.17, 15) is 14.9 Å². The number of nitro benzene ring substituents is 1. The van der Waals surface area contributed by atoms with E-state index in [1.807, 2.05) is 24.3 Å². The minimum atomic E-state index is -0.561. The molecule has 35 heavy (non-hydrogen) atoms. The molecule has 0 fully saturated rings. The number of hydrogen-bond donors (Lipinski definition) is 0. The Morgan fingerprint density at radius 1 is 1.14 bits per heavy atom. The molecule has 0 amide bonds. The predicted octanol–water partition coefficient (Wildman–Crippen LogP) is 4.50. The minimum absolute atomic E-state index is 0.158. The van der Waals surface area contributed by atoms with E-state index < -0.39 is 10.5 Å². The Balaban J connectivity index is 1.71. The van der Waals surface area contributed by atoms with Gasteiger partial charge >= 0.3 is 0 Å². The molecule has 3 aromatic carbocycles. The maximum atomic E-state index is 13.4. The Bertz CT molecular complexity index is 1700. The van der Waals surface area contributed by atoms with Gasteiger partial charge in [0.2, 0.25) is 5.82 Å². The van der Waals surface area contributed by atoms with Crippen LogP contribution in [0.5, 0.6) is 5.75 Å². The molecule has 2 heterocycles. The normalized spacial score (nSPS) is 11.2. The molecule has 0 aliphatic carbocycles. The van der Waals surface area contributed by atoms with Gasteiger partial charge in [-0.1, -0.05) is 30.3 Å². The van der Waals surface area contributed by atoms with Crippen molar-refractivity contribution in [2.75, 3.05) is 6.61 Å². The molecule has 0 atom stereocenters. The third kappa shape index (κ3) is 4.09. The average Bonchev–Trinajstić information content (AvgIpc) is 3.31. The number of ether oxygens (including phenoxy) is 1. The zero-order valence-electron chi connectivity index (χ0n) is 18.0. The first-order chi connectivity index (χ1) is 17.0. The Hall–Kier alpha value is -5.30. The first-order valence-electron chi connectivity index (χ1n) is 10.4.